The van der Waals surface area contributed by atoms with Crippen LogP contribution in [0.3, 0.4) is 0 Å². The van der Waals surface area contributed by atoms with Gasteiger partial charge < -0.3 is 10.5 Å². The number of benzene rings is 1. The monoisotopic (exact) mass is 280 g/mol. The van der Waals surface area contributed by atoms with Crippen LogP contribution in [-0.4, -0.2) is 12.4 Å². The van der Waals surface area contributed by atoms with Gasteiger partial charge in [-0.3, -0.25) is 5.41 Å². The molecule has 0 saturated carbocycles. The highest BCUT2D eigenvalue weighted by atomic mass is 19.1. The number of amidine groups is 1. The van der Waals surface area contributed by atoms with Crippen LogP contribution < -0.4 is 5.73 Å². The third-order valence-corrected chi connectivity index (χ3v) is 3.52. The Morgan fingerprint density at radius 3 is 2.75 bits per heavy atom. The van der Waals surface area contributed by atoms with E-state index in [-0.39, 0.29) is 18.0 Å². The SMILES string of the molecule is CCCCC(CC)COCc1cccc(C(=N)N)c1F. The highest BCUT2D eigenvalue weighted by molar-refractivity contribution is 5.95. The predicted octanol–water partition coefficient (Wildman–Crippen LogP) is 3.84. The van der Waals surface area contributed by atoms with Crippen molar-refractivity contribution in [2.75, 3.05) is 6.61 Å². The summed E-state index contributed by atoms with van der Waals surface area (Å²) < 4.78 is 19.7. The van der Waals surface area contributed by atoms with E-state index in [1.54, 1.807) is 12.1 Å². The predicted molar refractivity (Wildman–Crippen MR) is 80.4 cm³/mol. The van der Waals surface area contributed by atoms with Gasteiger partial charge in [0.2, 0.25) is 0 Å². The van der Waals surface area contributed by atoms with Crippen molar-refractivity contribution >= 4 is 5.84 Å². The average Bonchev–Trinajstić information content (AvgIpc) is 2.44. The van der Waals surface area contributed by atoms with Gasteiger partial charge in [-0.2, -0.15) is 0 Å². The van der Waals surface area contributed by atoms with Gasteiger partial charge in [0, 0.05) is 12.2 Å². The number of hydrogen-bond donors (Lipinski definition) is 2. The lowest BCUT2D eigenvalue weighted by Gasteiger charge is -2.15. The maximum atomic E-state index is 14.0. The highest BCUT2D eigenvalue weighted by Crippen LogP contribution is 2.16. The number of halogens is 1. The summed E-state index contributed by atoms with van der Waals surface area (Å²) in [5.74, 6) is -0.158. The van der Waals surface area contributed by atoms with E-state index in [0.717, 1.165) is 12.8 Å². The lowest BCUT2D eigenvalue weighted by atomic mass is 10.0. The molecule has 0 bridgehead atoms. The number of hydrogen-bond acceptors (Lipinski definition) is 2. The lowest BCUT2D eigenvalue weighted by molar-refractivity contribution is 0.0802. The van der Waals surface area contributed by atoms with Crippen LogP contribution >= 0.6 is 0 Å². The van der Waals surface area contributed by atoms with Gasteiger partial charge in [-0.05, 0) is 18.4 Å². The number of ether oxygens (including phenoxy) is 1. The van der Waals surface area contributed by atoms with Gasteiger partial charge in [0.1, 0.15) is 11.7 Å². The summed E-state index contributed by atoms with van der Waals surface area (Å²) in [5, 5.41) is 7.32. The van der Waals surface area contributed by atoms with E-state index in [0.29, 0.717) is 18.1 Å². The van der Waals surface area contributed by atoms with Crippen LogP contribution in [0.5, 0.6) is 0 Å². The van der Waals surface area contributed by atoms with Crippen LogP contribution in [0.25, 0.3) is 0 Å². The van der Waals surface area contributed by atoms with Crippen molar-refractivity contribution in [1.82, 2.24) is 0 Å². The first-order chi connectivity index (χ1) is 9.60. The molecule has 20 heavy (non-hydrogen) atoms. The zero-order valence-electron chi connectivity index (χ0n) is 12.4. The Morgan fingerprint density at radius 2 is 2.15 bits per heavy atom. The minimum atomic E-state index is -0.443. The molecule has 0 heterocycles. The molecule has 0 aliphatic heterocycles. The van der Waals surface area contributed by atoms with E-state index in [9.17, 15) is 4.39 Å². The normalized spacial score (nSPS) is 12.3. The number of nitrogens with one attached hydrogen (secondary N) is 1. The molecule has 1 aromatic rings. The van der Waals surface area contributed by atoms with Gasteiger partial charge in [0.25, 0.3) is 0 Å². The average molecular weight is 280 g/mol. The van der Waals surface area contributed by atoms with E-state index in [1.165, 1.54) is 18.9 Å². The van der Waals surface area contributed by atoms with Crippen LogP contribution in [-0.2, 0) is 11.3 Å². The minimum absolute atomic E-state index is 0.143. The van der Waals surface area contributed by atoms with Crippen molar-refractivity contribution in [2.45, 2.75) is 46.1 Å². The lowest BCUT2D eigenvalue weighted by Crippen LogP contribution is -2.15. The smallest absolute Gasteiger partial charge is 0.139 e. The van der Waals surface area contributed by atoms with Crippen molar-refractivity contribution in [3.8, 4) is 0 Å². The fourth-order valence-electron chi connectivity index (χ4n) is 2.13. The maximum Gasteiger partial charge on any atom is 0.139 e. The van der Waals surface area contributed by atoms with Crippen LogP contribution in [0, 0.1) is 17.1 Å². The second-order valence-electron chi connectivity index (χ2n) is 5.12. The van der Waals surface area contributed by atoms with Gasteiger partial charge in [0.15, 0.2) is 0 Å². The summed E-state index contributed by atoms with van der Waals surface area (Å²) in [6.45, 7) is 5.21. The second-order valence-corrected chi connectivity index (χ2v) is 5.12. The molecule has 0 aromatic heterocycles. The van der Waals surface area contributed by atoms with Gasteiger partial charge in [-0.1, -0.05) is 45.2 Å². The van der Waals surface area contributed by atoms with Crippen LogP contribution in [0.4, 0.5) is 4.39 Å². The van der Waals surface area contributed by atoms with E-state index in [1.807, 2.05) is 0 Å². The molecular weight excluding hydrogens is 255 g/mol. The third kappa shape index (κ3) is 4.93. The molecule has 0 aliphatic carbocycles. The topological polar surface area (TPSA) is 59.1 Å². The van der Waals surface area contributed by atoms with Crippen molar-refractivity contribution in [3.05, 3.63) is 35.1 Å². The molecule has 0 radical (unpaired) electrons. The molecule has 1 aromatic carbocycles. The molecule has 3 N–H and O–H groups in total. The molecule has 0 fully saturated rings. The molecule has 0 aliphatic rings. The van der Waals surface area contributed by atoms with E-state index >= 15 is 0 Å². The Balaban J connectivity index is 2.53. The van der Waals surface area contributed by atoms with Crippen molar-refractivity contribution in [3.63, 3.8) is 0 Å². The summed E-state index contributed by atoms with van der Waals surface area (Å²) in [6.07, 6.45) is 4.63. The fourth-order valence-corrected chi connectivity index (χ4v) is 2.13. The molecule has 1 unspecified atom stereocenters. The zero-order chi connectivity index (χ0) is 15.0. The summed E-state index contributed by atoms with van der Waals surface area (Å²) in [7, 11) is 0. The zero-order valence-corrected chi connectivity index (χ0v) is 12.4. The summed E-state index contributed by atoms with van der Waals surface area (Å²) in [6, 6.07) is 4.89. The Labute approximate surface area is 120 Å². The molecule has 4 heteroatoms. The molecular formula is C16H25FN2O. The summed E-state index contributed by atoms with van der Waals surface area (Å²) >= 11 is 0. The standard InChI is InChI=1S/C16H25FN2O/c1-3-5-7-12(4-2)10-20-11-13-8-6-9-14(15(13)17)16(18)19/h6,8-9,12H,3-5,7,10-11H2,1-2H3,(H3,18,19). The molecule has 1 rings (SSSR count). The van der Waals surface area contributed by atoms with Crippen LogP contribution in [0.2, 0.25) is 0 Å². The Morgan fingerprint density at radius 1 is 1.40 bits per heavy atom. The molecule has 1 atom stereocenters. The number of unbranched alkanes of at least 4 members (excludes halogenated alkanes) is 1. The maximum absolute atomic E-state index is 14.0. The second kappa shape index (κ2) is 8.69. The Hall–Kier alpha value is -1.42. The highest BCUT2D eigenvalue weighted by Gasteiger charge is 2.11. The summed E-state index contributed by atoms with van der Waals surface area (Å²) in [4.78, 5) is 0. The van der Waals surface area contributed by atoms with Gasteiger partial charge in [-0.15, -0.1) is 0 Å². The Kier molecular flexibility index (Phi) is 7.23. The molecule has 0 spiro atoms. The van der Waals surface area contributed by atoms with Gasteiger partial charge in [-0.25, -0.2) is 4.39 Å². The van der Waals surface area contributed by atoms with Crippen molar-refractivity contribution in [2.24, 2.45) is 11.7 Å². The molecule has 3 nitrogen and oxygen atoms in total. The number of nitrogen functional groups attached to an aromatic ring is 1. The first-order valence-electron chi connectivity index (χ1n) is 7.29. The molecule has 112 valence electrons. The summed E-state index contributed by atoms with van der Waals surface area (Å²) in [5.41, 5.74) is 5.94. The molecule has 0 amide bonds. The van der Waals surface area contributed by atoms with Crippen molar-refractivity contribution in [1.29, 1.82) is 5.41 Å². The quantitative estimate of drug-likeness (QED) is 0.533. The van der Waals surface area contributed by atoms with E-state index in [4.69, 9.17) is 15.9 Å². The fraction of sp³-hybridized carbons (Fsp3) is 0.562. The third-order valence-electron chi connectivity index (χ3n) is 3.52. The molecule has 0 saturated heterocycles. The largest absolute Gasteiger partial charge is 0.384 e. The van der Waals surface area contributed by atoms with Crippen LogP contribution in [0.1, 0.15) is 50.7 Å². The number of nitrogens with two attached hydrogens (primary N) is 1. The minimum Gasteiger partial charge on any atom is -0.384 e. The van der Waals surface area contributed by atoms with Crippen molar-refractivity contribution < 1.29 is 9.13 Å². The van der Waals surface area contributed by atoms with E-state index < -0.39 is 5.82 Å². The van der Waals surface area contributed by atoms with E-state index in [2.05, 4.69) is 13.8 Å². The van der Waals surface area contributed by atoms with Gasteiger partial charge in [0.05, 0.1) is 12.2 Å². The number of rotatable bonds is 9. The first kappa shape index (κ1) is 16.6. The first-order valence-corrected chi connectivity index (χ1v) is 7.29. The van der Waals surface area contributed by atoms with Crippen LogP contribution in [0.15, 0.2) is 18.2 Å². The Bertz CT molecular complexity index is 434. The van der Waals surface area contributed by atoms with Gasteiger partial charge >= 0.3 is 0 Å².